The van der Waals surface area contributed by atoms with Crippen molar-refractivity contribution < 1.29 is 0 Å². The summed E-state index contributed by atoms with van der Waals surface area (Å²) in [6.45, 7) is 4.31. The molecule has 2 aromatic carbocycles. The number of hydrogen-bond acceptors (Lipinski definition) is 4. The van der Waals surface area contributed by atoms with E-state index in [1.807, 2.05) is 12.1 Å². The minimum absolute atomic E-state index is 0. The summed E-state index contributed by atoms with van der Waals surface area (Å²) in [7, 11) is 2.06. The summed E-state index contributed by atoms with van der Waals surface area (Å²) in [6.07, 6.45) is 3.61. The average molecular weight is 522 g/mol. The van der Waals surface area contributed by atoms with Crippen LogP contribution in [-0.2, 0) is 13.1 Å². The standard InChI is InChI=1S/C21H26N6S.HI/c1-4-22-21(27(2)14-16-8-10-19(28-3)11-9-16)23-13-17-6-5-7-18(12-17)20-24-15-25-26-20;/h5-12,15H,4,13-14H2,1-3H3,(H,22,23)(H,24,25,26);1H. The first-order valence-corrected chi connectivity index (χ1v) is 10.5. The molecule has 1 heterocycles. The second-order valence-electron chi connectivity index (χ2n) is 6.41. The number of hydrogen-bond donors (Lipinski definition) is 2. The van der Waals surface area contributed by atoms with Crippen molar-refractivity contribution in [2.75, 3.05) is 19.8 Å². The van der Waals surface area contributed by atoms with E-state index < -0.39 is 0 Å². The van der Waals surface area contributed by atoms with Crippen LogP contribution in [0.5, 0.6) is 0 Å². The molecular weight excluding hydrogens is 495 g/mol. The molecule has 29 heavy (non-hydrogen) atoms. The van der Waals surface area contributed by atoms with Crippen LogP contribution in [0.25, 0.3) is 11.4 Å². The predicted octanol–water partition coefficient (Wildman–Crippen LogP) is 4.41. The fraction of sp³-hybridized carbons (Fsp3) is 0.286. The van der Waals surface area contributed by atoms with Crippen LogP contribution in [-0.4, -0.2) is 45.9 Å². The number of nitrogens with one attached hydrogen (secondary N) is 2. The molecule has 0 radical (unpaired) electrons. The Morgan fingerprint density at radius 1 is 1.17 bits per heavy atom. The molecule has 0 bridgehead atoms. The highest BCUT2D eigenvalue weighted by atomic mass is 127. The summed E-state index contributed by atoms with van der Waals surface area (Å²) in [4.78, 5) is 12.5. The third-order valence-corrected chi connectivity index (χ3v) is 5.05. The van der Waals surface area contributed by atoms with Gasteiger partial charge in [0.15, 0.2) is 11.8 Å². The number of halogens is 1. The maximum absolute atomic E-state index is 4.82. The SMILES string of the molecule is CCNC(=NCc1cccc(-c2ncn[nH]2)c1)N(C)Cc1ccc(SC)cc1.I. The van der Waals surface area contributed by atoms with Gasteiger partial charge in [0.05, 0.1) is 6.54 Å². The quantitative estimate of drug-likeness (QED) is 0.208. The van der Waals surface area contributed by atoms with Gasteiger partial charge in [0, 0.05) is 30.6 Å². The Balaban J connectivity index is 0.00000300. The lowest BCUT2D eigenvalue weighted by molar-refractivity contribution is 0.476. The van der Waals surface area contributed by atoms with Crippen LogP contribution in [0.4, 0.5) is 0 Å². The highest BCUT2D eigenvalue weighted by Gasteiger charge is 2.07. The third kappa shape index (κ3) is 6.74. The highest BCUT2D eigenvalue weighted by molar-refractivity contribution is 14.0. The van der Waals surface area contributed by atoms with E-state index in [0.717, 1.165) is 36.0 Å². The molecule has 6 nitrogen and oxygen atoms in total. The summed E-state index contributed by atoms with van der Waals surface area (Å²) in [6, 6.07) is 16.9. The molecule has 3 aromatic rings. The van der Waals surface area contributed by atoms with E-state index in [1.54, 1.807) is 11.8 Å². The number of guanidine groups is 1. The molecular formula is C21H27IN6S. The Morgan fingerprint density at radius 2 is 1.97 bits per heavy atom. The fourth-order valence-corrected chi connectivity index (χ4v) is 3.29. The van der Waals surface area contributed by atoms with Crippen molar-refractivity contribution in [2.45, 2.75) is 24.9 Å². The molecule has 0 aliphatic heterocycles. The first-order chi connectivity index (χ1) is 13.7. The molecule has 0 aliphatic rings. The molecule has 154 valence electrons. The van der Waals surface area contributed by atoms with Crippen molar-refractivity contribution >= 4 is 41.7 Å². The number of aliphatic imine (C=N–C) groups is 1. The second kappa shape index (κ2) is 11.8. The largest absolute Gasteiger partial charge is 0.357 e. The second-order valence-corrected chi connectivity index (χ2v) is 7.29. The molecule has 0 saturated heterocycles. The number of H-pyrrole nitrogens is 1. The van der Waals surface area contributed by atoms with Gasteiger partial charge in [0.1, 0.15) is 6.33 Å². The number of thioether (sulfide) groups is 1. The van der Waals surface area contributed by atoms with Crippen LogP contribution < -0.4 is 5.32 Å². The van der Waals surface area contributed by atoms with E-state index >= 15 is 0 Å². The zero-order chi connectivity index (χ0) is 19.8. The molecule has 0 aliphatic carbocycles. The smallest absolute Gasteiger partial charge is 0.194 e. The van der Waals surface area contributed by atoms with Crippen molar-refractivity contribution in [1.29, 1.82) is 0 Å². The number of benzene rings is 2. The van der Waals surface area contributed by atoms with Crippen LogP contribution in [0.2, 0.25) is 0 Å². The lowest BCUT2D eigenvalue weighted by atomic mass is 10.1. The summed E-state index contributed by atoms with van der Waals surface area (Å²) in [5, 5.41) is 10.2. The average Bonchev–Trinajstić information content (AvgIpc) is 3.27. The Kier molecular flexibility index (Phi) is 9.46. The monoisotopic (exact) mass is 522 g/mol. The maximum Gasteiger partial charge on any atom is 0.194 e. The van der Waals surface area contributed by atoms with Crippen LogP contribution in [0.1, 0.15) is 18.1 Å². The number of aromatic amines is 1. The lowest BCUT2D eigenvalue weighted by Crippen LogP contribution is -2.38. The molecule has 0 fully saturated rings. The van der Waals surface area contributed by atoms with E-state index in [9.17, 15) is 0 Å². The normalized spacial score (nSPS) is 11.1. The predicted molar refractivity (Wildman–Crippen MR) is 132 cm³/mol. The van der Waals surface area contributed by atoms with Crippen LogP contribution in [0, 0.1) is 0 Å². The maximum atomic E-state index is 4.82. The van der Waals surface area contributed by atoms with Gasteiger partial charge in [-0.05, 0) is 42.5 Å². The van der Waals surface area contributed by atoms with Crippen LogP contribution >= 0.6 is 35.7 Å². The van der Waals surface area contributed by atoms with Gasteiger partial charge in [0.2, 0.25) is 0 Å². The minimum atomic E-state index is 0. The Bertz CT molecular complexity index is 896. The van der Waals surface area contributed by atoms with Gasteiger partial charge in [-0.25, -0.2) is 9.98 Å². The first-order valence-electron chi connectivity index (χ1n) is 9.26. The number of nitrogens with zero attached hydrogens (tertiary/aromatic N) is 4. The van der Waals surface area contributed by atoms with Crippen molar-refractivity contribution in [1.82, 2.24) is 25.4 Å². The van der Waals surface area contributed by atoms with Gasteiger partial charge < -0.3 is 10.2 Å². The van der Waals surface area contributed by atoms with Gasteiger partial charge in [-0.1, -0.05) is 30.3 Å². The van der Waals surface area contributed by atoms with E-state index in [0.29, 0.717) is 6.54 Å². The zero-order valence-electron chi connectivity index (χ0n) is 16.9. The van der Waals surface area contributed by atoms with Crippen molar-refractivity contribution in [3.8, 4) is 11.4 Å². The number of aromatic nitrogens is 3. The first kappa shape index (κ1) is 23.2. The van der Waals surface area contributed by atoms with Gasteiger partial charge >= 0.3 is 0 Å². The van der Waals surface area contributed by atoms with E-state index in [2.05, 4.69) is 82.0 Å². The van der Waals surface area contributed by atoms with Crippen LogP contribution in [0.15, 0.2) is 64.7 Å². The molecule has 0 unspecified atom stereocenters. The molecule has 0 spiro atoms. The van der Waals surface area contributed by atoms with E-state index in [1.165, 1.54) is 16.8 Å². The summed E-state index contributed by atoms with van der Waals surface area (Å²) in [5.41, 5.74) is 3.40. The lowest BCUT2D eigenvalue weighted by Gasteiger charge is -2.22. The van der Waals surface area contributed by atoms with Gasteiger partial charge in [-0.2, -0.15) is 5.10 Å². The summed E-state index contributed by atoms with van der Waals surface area (Å²) >= 11 is 1.76. The van der Waals surface area contributed by atoms with Gasteiger partial charge in [-0.15, -0.1) is 35.7 Å². The molecule has 2 N–H and O–H groups in total. The third-order valence-electron chi connectivity index (χ3n) is 4.30. The summed E-state index contributed by atoms with van der Waals surface area (Å²) < 4.78 is 0. The molecule has 8 heteroatoms. The van der Waals surface area contributed by atoms with E-state index in [4.69, 9.17) is 4.99 Å². The highest BCUT2D eigenvalue weighted by Crippen LogP contribution is 2.17. The topological polar surface area (TPSA) is 69.2 Å². The molecule has 0 atom stereocenters. The Labute approximate surface area is 193 Å². The van der Waals surface area contributed by atoms with Crippen molar-refractivity contribution in [3.05, 3.63) is 66.0 Å². The molecule has 1 aromatic heterocycles. The zero-order valence-corrected chi connectivity index (χ0v) is 20.1. The summed E-state index contributed by atoms with van der Waals surface area (Å²) in [5.74, 6) is 1.66. The van der Waals surface area contributed by atoms with E-state index in [-0.39, 0.29) is 24.0 Å². The van der Waals surface area contributed by atoms with Crippen molar-refractivity contribution in [3.63, 3.8) is 0 Å². The Morgan fingerprint density at radius 3 is 2.62 bits per heavy atom. The Hall–Kier alpha value is -2.07. The molecule has 0 saturated carbocycles. The number of rotatable bonds is 7. The molecule has 3 rings (SSSR count). The minimum Gasteiger partial charge on any atom is -0.357 e. The molecule has 0 amide bonds. The van der Waals surface area contributed by atoms with Gasteiger partial charge in [0.25, 0.3) is 0 Å². The van der Waals surface area contributed by atoms with Gasteiger partial charge in [-0.3, -0.25) is 5.10 Å². The fourth-order valence-electron chi connectivity index (χ4n) is 2.88. The van der Waals surface area contributed by atoms with Crippen LogP contribution in [0.3, 0.4) is 0 Å². The van der Waals surface area contributed by atoms with Crippen molar-refractivity contribution in [2.24, 2.45) is 4.99 Å².